The van der Waals surface area contributed by atoms with E-state index < -0.39 is 0 Å². The van der Waals surface area contributed by atoms with Crippen LogP contribution in [0.3, 0.4) is 0 Å². The summed E-state index contributed by atoms with van der Waals surface area (Å²) in [4.78, 5) is 9.35. The van der Waals surface area contributed by atoms with Crippen LogP contribution in [-0.2, 0) is 18.7 Å². The van der Waals surface area contributed by atoms with Crippen molar-refractivity contribution in [2.75, 3.05) is 0 Å². The number of aromatic nitrogens is 3. The average molecular weight is 298 g/mol. The first-order valence-electron chi connectivity index (χ1n) is 7.37. The molecule has 4 rings (SSSR count). The summed E-state index contributed by atoms with van der Waals surface area (Å²) in [7, 11) is 0. The van der Waals surface area contributed by atoms with Gasteiger partial charge in [-0.15, -0.1) is 11.6 Å². The van der Waals surface area contributed by atoms with Gasteiger partial charge in [0.05, 0.1) is 17.3 Å². The van der Waals surface area contributed by atoms with Gasteiger partial charge in [-0.3, -0.25) is 4.57 Å². The van der Waals surface area contributed by atoms with Gasteiger partial charge in [0.1, 0.15) is 12.1 Å². The largest absolute Gasteiger partial charge is 0.287 e. The first kappa shape index (κ1) is 12.8. The zero-order valence-corrected chi connectivity index (χ0v) is 12.5. The van der Waals surface area contributed by atoms with E-state index >= 15 is 0 Å². The van der Waals surface area contributed by atoms with Crippen LogP contribution in [0.15, 0.2) is 36.7 Å². The Morgan fingerprint density at radius 3 is 2.90 bits per heavy atom. The van der Waals surface area contributed by atoms with E-state index in [0.717, 1.165) is 29.7 Å². The molecule has 0 fully saturated rings. The first-order chi connectivity index (χ1) is 10.4. The number of fused-ring (bicyclic) bond motifs is 2. The van der Waals surface area contributed by atoms with Gasteiger partial charge >= 0.3 is 0 Å². The van der Waals surface area contributed by atoms with E-state index in [1.165, 1.54) is 29.6 Å². The highest BCUT2D eigenvalue weighted by Crippen LogP contribution is 2.27. The van der Waals surface area contributed by atoms with Crippen molar-refractivity contribution in [3.8, 4) is 5.82 Å². The molecule has 3 aromatic rings. The second-order valence-corrected chi connectivity index (χ2v) is 5.77. The van der Waals surface area contributed by atoms with Gasteiger partial charge in [-0.2, -0.15) is 0 Å². The molecule has 0 unspecified atom stereocenters. The van der Waals surface area contributed by atoms with Gasteiger partial charge < -0.3 is 0 Å². The van der Waals surface area contributed by atoms with E-state index in [-0.39, 0.29) is 0 Å². The van der Waals surface area contributed by atoms with Crippen molar-refractivity contribution >= 4 is 22.4 Å². The van der Waals surface area contributed by atoms with E-state index in [1.807, 2.05) is 12.4 Å². The zero-order chi connectivity index (χ0) is 14.2. The van der Waals surface area contributed by atoms with Crippen molar-refractivity contribution in [3.63, 3.8) is 0 Å². The molecular weight excluding hydrogens is 282 g/mol. The molecular formula is C17H16ClN3. The molecule has 0 bridgehead atoms. The van der Waals surface area contributed by atoms with Crippen LogP contribution in [0.5, 0.6) is 0 Å². The quantitative estimate of drug-likeness (QED) is 0.668. The number of halogens is 1. The van der Waals surface area contributed by atoms with Crippen molar-refractivity contribution < 1.29 is 0 Å². The predicted molar refractivity (Wildman–Crippen MR) is 85.1 cm³/mol. The Labute approximate surface area is 128 Å². The van der Waals surface area contributed by atoms with Gasteiger partial charge in [0, 0.05) is 11.1 Å². The highest BCUT2D eigenvalue weighted by Gasteiger charge is 2.18. The van der Waals surface area contributed by atoms with Gasteiger partial charge in [-0.1, -0.05) is 24.3 Å². The van der Waals surface area contributed by atoms with Gasteiger partial charge in [0.25, 0.3) is 0 Å². The molecule has 0 amide bonds. The van der Waals surface area contributed by atoms with Gasteiger partial charge in [0.2, 0.25) is 0 Å². The SMILES string of the molecule is ClCc1cc2ccccc2c(-n2cnc3c2CCCC3)n1. The fourth-order valence-corrected chi connectivity index (χ4v) is 3.28. The normalized spacial score (nSPS) is 14.3. The average Bonchev–Trinajstić information content (AvgIpc) is 2.97. The number of alkyl halides is 1. The summed E-state index contributed by atoms with van der Waals surface area (Å²) in [6.07, 6.45) is 6.54. The molecule has 21 heavy (non-hydrogen) atoms. The lowest BCUT2D eigenvalue weighted by atomic mass is 10.0. The van der Waals surface area contributed by atoms with Crippen LogP contribution in [-0.4, -0.2) is 14.5 Å². The number of aryl methyl sites for hydroxylation is 1. The number of rotatable bonds is 2. The number of pyridine rings is 1. The molecule has 2 heterocycles. The molecule has 0 radical (unpaired) electrons. The van der Waals surface area contributed by atoms with E-state index in [2.05, 4.69) is 33.8 Å². The highest BCUT2D eigenvalue weighted by molar-refractivity contribution is 6.17. The summed E-state index contributed by atoms with van der Waals surface area (Å²) in [6, 6.07) is 10.4. The van der Waals surface area contributed by atoms with Crippen molar-refractivity contribution in [1.82, 2.24) is 14.5 Å². The van der Waals surface area contributed by atoms with Crippen LogP contribution in [0.4, 0.5) is 0 Å². The monoisotopic (exact) mass is 297 g/mol. The highest BCUT2D eigenvalue weighted by atomic mass is 35.5. The minimum Gasteiger partial charge on any atom is -0.287 e. The van der Waals surface area contributed by atoms with Crippen LogP contribution in [0.25, 0.3) is 16.6 Å². The van der Waals surface area contributed by atoms with Crippen molar-refractivity contribution in [2.24, 2.45) is 0 Å². The van der Waals surface area contributed by atoms with Crippen LogP contribution in [0, 0.1) is 0 Å². The Hall–Kier alpha value is -1.87. The number of imidazole rings is 1. The minimum absolute atomic E-state index is 0.425. The summed E-state index contributed by atoms with van der Waals surface area (Å²) >= 11 is 6.02. The molecule has 1 aliphatic carbocycles. The summed E-state index contributed by atoms with van der Waals surface area (Å²) < 4.78 is 2.16. The number of nitrogens with zero attached hydrogens (tertiary/aromatic N) is 3. The lowest BCUT2D eigenvalue weighted by Gasteiger charge is -2.15. The molecule has 0 aliphatic heterocycles. The van der Waals surface area contributed by atoms with Gasteiger partial charge in [-0.25, -0.2) is 9.97 Å². The second kappa shape index (κ2) is 5.15. The third-order valence-corrected chi connectivity index (χ3v) is 4.44. The smallest absolute Gasteiger partial charge is 0.146 e. The number of benzene rings is 1. The molecule has 106 valence electrons. The molecule has 1 aliphatic rings. The Morgan fingerprint density at radius 1 is 1.14 bits per heavy atom. The topological polar surface area (TPSA) is 30.7 Å². The Balaban J connectivity index is 1.99. The summed E-state index contributed by atoms with van der Waals surface area (Å²) in [5.41, 5.74) is 3.44. The second-order valence-electron chi connectivity index (χ2n) is 5.51. The van der Waals surface area contributed by atoms with E-state index in [9.17, 15) is 0 Å². The third kappa shape index (κ3) is 2.12. The predicted octanol–water partition coefficient (Wildman–Crippen LogP) is 4.04. The van der Waals surface area contributed by atoms with Crippen LogP contribution in [0.2, 0.25) is 0 Å². The third-order valence-electron chi connectivity index (χ3n) is 4.17. The maximum atomic E-state index is 6.02. The Morgan fingerprint density at radius 2 is 2.00 bits per heavy atom. The Bertz CT molecular complexity index is 807. The number of hydrogen-bond acceptors (Lipinski definition) is 2. The van der Waals surface area contributed by atoms with Gasteiger partial charge in [0.15, 0.2) is 0 Å². The minimum atomic E-state index is 0.425. The molecule has 0 saturated heterocycles. The van der Waals surface area contributed by atoms with Crippen molar-refractivity contribution in [1.29, 1.82) is 0 Å². The zero-order valence-electron chi connectivity index (χ0n) is 11.7. The molecule has 4 heteroatoms. The molecule has 2 aromatic heterocycles. The molecule has 1 aromatic carbocycles. The van der Waals surface area contributed by atoms with Crippen molar-refractivity contribution in [2.45, 2.75) is 31.6 Å². The maximum absolute atomic E-state index is 6.02. The molecule has 3 nitrogen and oxygen atoms in total. The summed E-state index contributed by atoms with van der Waals surface area (Å²) in [5.74, 6) is 1.38. The molecule has 0 N–H and O–H groups in total. The number of hydrogen-bond donors (Lipinski definition) is 0. The molecule has 0 saturated carbocycles. The van der Waals surface area contributed by atoms with Gasteiger partial charge in [-0.05, 0) is 37.1 Å². The van der Waals surface area contributed by atoms with Crippen LogP contribution >= 0.6 is 11.6 Å². The van der Waals surface area contributed by atoms with E-state index in [1.54, 1.807) is 0 Å². The molecule has 0 atom stereocenters. The fourth-order valence-electron chi connectivity index (χ4n) is 3.14. The van der Waals surface area contributed by atoms with Crippen LogP contribution in [0.1, 0.15) is 29.9 Å². The lowest BCUT2D eigenvalue weighted by Crippen LogP contribution is -2.09. The Kier molecular flexibility index (Phi) is 3.15. The molecule has 0 spiro atoms. The van der Waals surface area contributed by atoms with Crippen molar-refractivity contribution in [3.05, 3.63) is 53.7 Å². The maximum Gasteiger partial charge on any atom is 0.146 e. The summed E-state index contributed by atoms with van der Waals surface area (Å²) in [5, 5.41) is 2.33. The fraction of sp³-hybridized carbons (Fsp3) is 0.294. The summed E-state index contributed by atoms with van der Waals surface area (Å²) in [6.45, 7) is 0. The van der Waals surface area contributed by atoms with E-state index in [4.69, 9.17) is 16.6 Å². The standard InChI is InChI=1S/C17H16ClN3/c18-10-13-9-12-5-1-2-6-14(12)17(20-13)21-11-19-15-7-3-4-8-16(15)21/h1-2,5-6,9,11H,3-4,7-8,10H2. The lowest BCUT2D eigenvalue weighted by molar-refractivity contribution is 0.654. The van der Waals surface area contributed by atoms with Crippen LogP contribution < -0.4 is 0 Å². The first-order valence-corrected chi connectivity index (χ1v) is 7.90. The van der Waals surface area contributed by atoms with E-state index in [0.29, 0.717) is 5.88 Å².